The molecule has 0 radical (unpaired) electrons. The van der Waals surface area contributed by atoms with Crippen LogP contribution in [0, 0.1) is 0 Å². The number of nitrogens with zero attached hydrogens (tertiary/aromatic N) is 2. The predicted molar refractivity (Wildman–Crippen MR) is 257 cm³/mol. The molecule has 5 heteroatoms. The second-order valence-corrected chi connectivity index (χ2v) is 16.9. The van der Waals surface area contributed by atoms with Crippen LogP contribution in [-0.2, 0) is 55.0 Å². The summed E-state index contributed by atoms with van der Waals surface area (Å²) in [5, 5.41) is 23.2. The quantitative estimate of drug-likeness (QED) is 0.0380. The van der Waals surface area contributed by atoms with Gasteiger partial charge in [-0.25, -0.2) is 0 Å². The zero-order valence-electron chi connectivity index (χ0n) is 39.7. The molecule has 0 spiro atoms. The van der Waals surface area contributed by atoms with Gasteiger partial charge in [0, 0.05) is 0 Å². The minimum Gasteiger partial charge on any atom is -0.873 e. The second-order valence-electron chi connectivity index (χ2n) is 16.9. The van der Waals surface area contributed by atoms with Gasteiger partial charge in [-0.05, 0) is 148 Å². The summed E-state index contributed by atoms with van der Waals surface area (Å²) in [5.41, 5.74) is 12.5. The largest absolute Gasteiger partial charge is 2.00 e. The molecule has 60 heavy (non-hydrogen) atoms. The Balaban J connectivity index is 0.000000835. The average molecular weight is 866 g/mol. The normalized spacial score (nSPS) is 11.7. The van der Waals surface area contributed by atoms with Crippen molar-refractivity contribution in [1.29, 1.82) is 0 Å². The van der Waals surface area contributed by atoms with E-state index in [0.29, 0.717) is 0 Å². The zero-order chi connectivity index (χ0) is 43.1. The molecule has 0 aliphatic rings. The Morgan fingerprint density at radius 2 is 0.783 bits per heavy atom. The molecular weight excluding hydrogens is 779 g/mol. The van der Waals surface area contributed by atoms with E-state index in [1.54, 1.807) is 0 Å². The van der Waals surface area contributed by atoms with Gasteiger partial charge in [-0.15, -0.1) is 11.5 Å². The first-order valence-corrected chi connectivity index (χ1v) is 24.7. The molecule has 0 saturated carbocycles. The van der Waals surface area contributed by atoms with E-state index < -0.39 is 0 Å². The van der Waals surface area contributed by atoms with E-state index >= 15 is 0 Å². The smallest absolute Gasteiger partial charge is 0.873 e. The number of unbranched alkanes of at least 4 members (excludes halogenated alkanes) is 12. The van der Waals surface area contributed by atoms with Crippen molar-refractivity contribution in [3.05, 3.63) is 81.9 Å². The van der Waals surface area contributed by atoms with Crippen molar-refractivity contribution in [2.75, 3.05) is 0 Å². The van der Waals surface area contributed by atoms with E-state index in [-0.39, 0.29) is 28.0 Å². The molecule has 4 nitrogen and oxygen atoms in total. The van der Waals surface area contributed by atoms with E-state index in [1.165, 1.54) is 143 Å². The number of aliphatic imine (C=N–C) groups is 2. The minimum absolute atomic E-state index is 0. The van der Waals surface area contributed by atoms with Crippen LogP contribution >= 0.6 is 0 Å². The van der Waals surface area contributed by atoms with Crippen molar-refractivity contribution in [1.82, 2.24) is 0 Å². The Kier molecular flexibility index (Phi) is 31.8. The Morgan fingerprint density at radius 1 is 0.400 bits per heavy atom. The third-order valence-corrected chi connectivity index (χ3v) is 11.7. The second kappa shape index (κ2) is 34.7. The molecule has 0 amide bonds. The van der Waals surface area contributed by atoms with Crippen molar-refractivity contribution in [2.45, 2.75) is 229 Å². The molecule has 338 valence electrons. The summed E-state index contributed by atoms with van der Waals surface area (Å²) in [6.07, 6.45) is 31.5. The Hall–Kier alpha value is -2.91. The number of rotatable bonds is 30. The number of hydrogen-bond acceptors (Lipinski definition) is 4. The van der Waals surface area contributed by atoms with E-state index in [4.69, 9.17) is 9.98 Å². The maximum Gasteiger partial charge on any atom is 2.00 e. The first-order chi connectivity index (χ1) is 28.8. The number of aryl methyl sites for hydroxylation is 5. The third-order valence-electron chi connectivity index (χ3n) is 11.7. The van der Waals surface area contributed by atoms with E-state index in [2.05, 4.69) is 91.8 Å². The molecule has 0 atom stereocenters. The van der Waals surface area contributed by atoms with Gasteiger partial charge < -0.3 is 10.2 Å². The molecule has 0 aliphatic carbocycles. The summed E-state index contributed by atoms with van der Waals surface area (Å²) < 4.78 is 0. The summed E-state index contributed by atoms with van der Waals surface area (Å²) in [6.45, 7) is 18.0. The van der Waals surface area contributed by atoms with Crippen LogP contribution in [0.3, 0.4) is 0 Å². The van der Waals surface area contributed by atoms with Crippen molar-refractivity contribution in [3.8, 4) is 11.5 Å². The predicted octanol–water partition coefficient (Wildman–Crippen LogP) is 16.0. The fourth-order valence-electron chi connectivity index (χ4n) is 7.92. The first kappa shape index (κ1) is 55.1. The molecule has 0 heterocycles. The van der Waals surface area contributed by atoms with Gasteiger partial charge in [-0.3, -0.25) is 9.98 Å². The molecule has 3 aromatic rings. The van der Waals surface area contributed by atoms with E-state index in [1.807, 2.05) is 6.07 Å². The summed E-state index contributed by atoms with van der Waals surface area (Å²) in [7, 11) is 0. The van der Waals surface area contributed by atoms with Crippen LogP contribution in [-0.4, -0.2) is 11.4 Å². The van der Waals surface area contributed by atoms with Crippen LogP contribution in [0.1, 0.15) is 224 Å². The van der Waals surface area contributed by atoms with Gasteiger partial charge in [0.05, 0.1) is 22.8 Å². The van der Waals surface area contributed by atoms with Crippen molar-refractivity contribution in [2.24, 2.45) is 9.98 Å². The van der Waals surface area contributed by atoms with Crippen LogP contribution in [0.25, 0.3) is 0 Å². The van der Waals surface area contributed by atoms with E-state index in [0.717, 1.165) is 92.4 Å². The Labute approximate surface area is 379 Å². The molecule has 0 saturated heterocycles. The molecule has 3 aromatic carbocycles. The summed E-state index contributed by atoms with van der Waals surface area (Å²) in [4.78, 5) is 10.6. The fourth-order valence-corrected chi connectivity index (χ4v) is 7.92. The third kappa shape index (κ3) is 21.3. The van der Waals surface area contributed by atoms with Crippen molar-refractivity contribution in [3.63, 3.8) is 0 Å². The molecule has 0 N–H and O–H groups in total. The van der Waals surface area contributed by atoms with Gasteiger partial charge in [0.25, 0.3) is 0 Å². The fraction of sp³-hybridized carbons (Fsp3) is 0.636. The topological polar surface area (TPSA) is 70.8 Å². The SMILES string of the molecule is CCCCCc1c(CCCC)ccc([O-])c1[O-].CCCCCc1ccc(N=C(CC)C(CCCC)=Nc2ccc(CCCCC)c(CCCCC)c2)cc1CCCCC.[Ni+2]. The van der Waals surface area contributed by atoms with Gasteiger partial charge in [-0.1, -0.05) is 162 Å². The van der Waals surface area contributed by atoms with Crippen LogP contribution in [0.2, 0.25) is 0 Å². The monoisotopic (exact) mass is 865 g/mol. The summed E-state index contributed by atoms with van der Waals surface area (Å²) >= 11 is 0. The standard InChI is InChI=1S/C40H64N2.C15H24O2.Ni/c1-7-13-18-22-33-27-29-37(31-35(33)24-20-15-9-3)41-39(12-6)40(26-17-11-5)42-38-30-28-34(23-19-14-8-2)36(32-38)25-21-16-10-4;1-3-5-7-9-13-12(8-6-4-2)10-11-14(16)15(13)17;/h27-32H,7-26H2,1-6H3;10-11,16-17H,3-9H2,1-2H3;/q;;+2/p-2. The van der Waals surface area contributed by atoms with Crippen LogP contribution in [0.5, 0.6) is 11.5 Å². The maximum absolute atomic E-state index is 11.8. The van der Waals surface area contributed by atoms with Crippen LogP contribution in [0.4, 0.5) is 11.4 Å². The Morgan fingerprint density at radius 3 is 1.22 bits per heavy atom. The summed E-state index contributed by atoms with van der Waals surface area (Å²) in [6, 6.07) is 17.3. The summed E-state index contributed by atoms with van der Waals surface area (Å²) in [5.74, 6) is -0.619. The molecular formula is C55H86N2NiO2. The van der Waals surface area contributed by atoms with E-state index in [9.17, 15) is 10.2 Å². The van der Waals surface area contributed by atoms with Crippen LogP contribution < -0.4 is 10.2 Å². The Bertz CT molecular complexity index is 1630. The molecule has 0 unspecified atom stereocenters. The average Bonchev–Trinajstić information content (AvgIpc) is 3.24. The zero-order valence-corrected chi connectivity index (χ0v) is 40.7. The molecule has 0 bridgehead atoms. The first-order valence-electron chi connectivity index (χ1n) is 24.7. The van der Waals surface area contributed by atoms with Crippen molar-refractivity contribution < 1.29 is 26.7 Å². The minimum atomic E-state index is -0.350. The van der Waals surface area contributed by atoms with Gasteiger partial charge in [-0.2, -0.15) is 0 Å². The van der Waals surface area contributed by atoms with Crippen LogP contribution in [0.15, 0.2) is 58.5 Å². The van der Waals surface area contributed by atoms with Gasteiger partial charge in [0.1, 0.15) is 0 Å². The molecule has 0 aliphatic heterocycles. The molecule has 0 fully saturated rings. The maximum atomic E-state index is 11.8. The van der Waals surface area contributed by atoms with Crippen molar-refractivity contribution >= 4 is 22.8 Å². The van der Waals surface area contributed by atoms with Gasteiger partial charge >= 0.3 is 16.5 Å². The van der Waals surface area contributed by atoms with Gasteiger partial charge in [0.15, 0.2) is 0 Å². The molecule has 3 rings (SSSR count). The molecule has 0 aromatic heterocycles. The number of benzene rings is 3. The number of hydrogen-bond donors (Lipinski definition) is 0. The van der Waals surface area contributed by atoms with Gasteiger partial charge in [0.2, 0.25) is 0 Å².